The van der Waals surface area contributed by atoms with E-state index in [1.807, 2.05) is 131 Å². The van der Waals surface area contributed by atoms with Gasteiger partial charge in [0.2, 0.25) is 0 Å². The maximum Gasteiger partial charge on any atom is 0.416 e. The second-order valence-electron chi connectivity index (χ2n) is 21.1. The second-order valence-corrected chi connectivity index (χ2v) is 21.1. The molecule has 90 heavy (non-hydrogen) atoms. The molecule has 0 saturated carbocycles. The molecule has 0 atom stereocenters. The number of hydrogen-bond acceptors (Lipinski definition) is 4. The molecule has 442 valence electrons. The van der Waals surface area contributed by atoms with Crippen LogP contribution in [0.15, 0.2) is 243 Å². The predicted octanol–water partition coefficient (Wildman–Crippen LogP) is 22.0. The van der Waals surface area contributed by atoms with Gasteiger partial charge in [0.15, 0.2) is 0 Å². The zero-order valence-electron chi connectivity index (χ0n) is 46.3. The van der Waals surface area contributed by atoms with Crippen LogP contribution in [0.2, 0.25) is 0 Å². The maximum absolute atomic E-state index is 14.9. The Bertz CT molecular complexity index is 4780. The summed E-state index contributed by atoms with van der Waals surface area (Å²) in [6, 6.07) is 65.0. The van der Waals surface area contributed by atoms with Gasteiger partial charge in [-0.3, -0.25) is 0 Å². The number of anilines is 6. The molecular weight excluding hydrogens is 1180 g/mol. The minimum atomic E-state index is -5.02. The van der Waals surface area contributed by atoms with Gasteiger partial charge >= 0.3 is 24.7 Å². The van der Waals surface area contributed by atoms with Gasteiger partial charge in [0.05, 0.1) is 61.3 Å². The molecule has 2 heterocycles. The number of benzene rings is 11. The topological polar surface area (TPSA) is 63.9 Å². The summed E-state index contributed by atoms with van der Waals surface area (Å²) >= 11 is 0. The summed E-state index contributed by atoms with van der Waals surface area (Å²) in [5.74, 6) is 0. The lowest BCUT2D eigenvalue weighted by Gasteiger charge is -2.28. The van der Waals surface area contributed by atoms with E-state index < -0.39 is 58.2 Å². The van der Waals surface area contributed by atoms with Crippen LogP contribution in [-0.4, -0.2) is 9.13 Å². The summed E-state index contributed by atoms with van der Waals surface area (Å²) in [6.07, 6.45) is -20.1. The van der Waals surface area contributed by atoms with Crippen molar-refractivity contribution in [2.24, 2.45) is 0 Å². The fraction of sp³-hybridized carbons (Fsp3) is 0.0556. The third kappa shape index (κ3) is 10.1. The number of hydrogen-bond donors (Lipinski definition) is 0. The van der Waals surface area contributed by atoms with Crippen LogP contribution in [0.3, 0.4) is 0 Å². The first-order valence-electron chi connectivity index (χ1n) is 27.6. The first-order valence-corrected chi connectivity index (χ1v) is 27.6. The van der Waals surface area contributed by atoms with Crippen molar-refractivity contribution >= 4 is 77.7 Å². The van der Waals surface area contributed by atoms with Gasteiger partial charge in [0.1, 0.15) is 17.7 Å². The first-order chi connectivity index (χ1) is 43.1. The smallest absolute Gasteiger partial charge is 0.311 e. The van der Waals surface area contributed by atoms with Gasteiger partial charge in [0, 0.05) is 66.8 Å². The van der Waals surface area contributed by atoms with E-state index in [0.29, 0.717) is 47.8 Å². The highest BCUT2D eigenvalue weighted by Crippen LogP contribution is 2.52. The van der Waals surface area contributed by atoms with Crippen molar-refractivity contribution in [1.82, 2.24) is 9.13 Å². The van der Waals surface area contributed by atoms with Crippen LogP contribution in [0.4, 0.5) is 86.8 Å². The van der Waals surface area contributed by atoms with Gasteiger partial charge in [-0.2, -0.15) is 63.2 Å². The van der Waals surface area contributed by atoms with Crippen LogP contribution >= 0.6 is 0 Å². The molecule has 0 amide bonds. The zero-order chi connectivity index (χ0) is 63.0. The highest BCUT2D eigenvalue weighted by molar-refractivity contribution is 6.14. The van der Waals surface area contributed by atoms with Crippen LogP contribution in [0.5, 0.6) is 0 Å². The van der Waals surface area contributed by atoms with Crippen LogP contribution in [-0.2, 0) is 24.7 Å². The van der Waals surface area contributed by atoms with Crippen molar-refractivity contribution in [2.45, 2.75) is 24.7 Å². The molecule has 11 aromatic carbocycles. The van der Waals surface area contributed by atoms with E-state index in [2.05, 4.69) is 12.1 Å². The number of aromatic nitrogens is 2. The SMILES string of the molecule is N#Cc1c(-c2ccc(N(c3ccccc3)c3ccccc3)cc2)c(-c2ccc(N(c3ccccc3)c3ccccc3)cc2)c(-n2c3ccc(C(F)(F)F)cc3c3cc(C(F)(F)F)ccc32)c(C#N)c1-n1c2ccc(C(F)(F)F)cc2c2cc(C(F)(F)F)ccc21. The van der Waals surface area contributed by atoms with Crippen LogP contribution in [0.25, 0.3) is 77.2 Å². The standard InChI is InChI=1S/C72H40F12N6/c73-69(74,75)45-25-33-61-55(37-45)56-38-46(70(76,77)78)26-34-62(56)89(61)67-59(41-85)65(43-21-29-53(30-22-43)87(49-13-5-1-6-14-49)50-15-7-2-8-16-50)66(44-23-31-54(32-24-44)88(51-17-9-3-10-18-51)52-19-11-4-12-20-52)68(60(67)42-86)90-63-35-27-47(71(79,80)81)39-57(63)58-40-48(72(82,83)84)28-36-64(58)90/h1-40H. The highest BCUT2D eigenvalue weighted by Gasteiger charge is 2.38. The van der Waals surface area contributed by atoms with Crippen LogP contribution in [0, 0.1) is 22.7 Å². The van der Waals surface area contributed by atoms with Crippen molar-refractivity contribution in [3.8, 4) is 45.8 Å². The Morgan fingerprint density at radius 3 is 0.800 bits per heavy atom. The molecule has 0 aliphatic heterocycles. The predicted molar refractivity (Wildman–Crippen MR) is 325 cm³/mol. The van der Waals surface area contributed by atoms with E-state index >= 15 is 0 Å². The number of nitrogens with zero attached hydrogens (tertiary/aromatic N) is 6. The molecule has 0 radical (unpaired) electrons. The Kier molecular flexibility index (Phi) is 14.0. The van der Waals surface area contributed by atoms with Gasteiger partial charge < -0.3 is 18.9 Å². The fourth-order valence-electron chi connectivity index (χ4n) is 11.9. The van der Waals surface area contributed by atoms with E-state index in [-0.39, 0.29) is 77.1 Å². The number of nitriles is 2. The van der Waals surface area contributed by atoms with E-state index in [1.54, 1.807) is 48.5 Å². The molecule has 13 aromatic rings. The molecule has 0 aliphatic carbocycles. The maximum atomic E-state index is 14.9. The van der Waals surface area contributed by atoms with E-state index in [0.717, 1.165) is 59.1 Å². The molecule has 2 aromatic heterocycles. The van der Waals surface area contributed by atoms with Crippen LogP contribution in [0.1, 0.15) is 33.4 Å². The van der Waals surface area contributed by atoms with Crippen LogP contribution < -0.4 is 9.80 Å². The average molecular weight is 1220 g/mol. The minimum Gasteiger partial charge on any atom is -0.311 e. The summed E-state index contributed by atoms with van der Waals surface area (Å²) in [6.45, 7) is 0. The molecule has 0 aliphatic rings. The number of alkyl halides is 12. The second kappa shape index (κ2) is 21.9. The van der Waals surface area contributed by atoms with E-state index in [4.69, 9.17) is 0 Å². The molecular formula is C72H40F12N6. The Labute approximate surface area is 504 Å². The molecule has 0 spiro atoms. The van der Waals surface area contributed by atoms with Crippen molar-refractivity contribution in [1.29, 1.82) is 10.5 Å². The van der Waals surface area contributed by atoms with Gasteiger partial charge in [-0.1, -0.05) is 97.1 Å². The van der Waals surface area contributed by atoms with Crippen molar-refractivity contribution in [2.75, 3.05) is 9.80 Å². The Balaban J connectivity index is 1.22. The van der Waals surface area contributed by atoms with Gasteiger partial charge in [-0.05, 0) is 157 Å². The average Bonchev–Trinajstić information content (AvgIpc) is 1.45. The number of para-hydroxylation sites is 4. The number of fused-ring (bicyclic) bond motifs is 6. The molecule has 13 rings (SSSR count). The molecule has 0 fully saturated rings. The highest BCUT2D eigenvalue weighted by atomic mass is 19.4. The van der Waals surface area contributed by atoms with Crippen molar-refractivity contribution in [3.05, 3.63) is 276 Å². The molecule has 0 bridgehead atoms. The summed E-state index contributed by atoms with van der Waals surface area (Å²) in [7, 11) is 0. The zero-order valence-corrected chi connectivity index (χ0v) is 46.3. The Morgan fingerprint density at radius 2 is 0.533 bits per heavy atom. The fourth-order valence-corrected chi connectivity index (χ4v) is 11.9. The normalized spacial score (nSPS) is 12.2. The molecule has 18 heteroatoms. The largest absolute Gasteiger partial charge is 0.416 e. The number of rotatable bonds is 10. The summed E-state index contributed by atoms with van der Waals surface area (Å²) in [5.41, 5.74) is -2.53. The lowest BCUT2D eigenvalue weighted by atomic mass is 9.85. The molecule has 6 nitrogen and oxygen atoms in total. The minimum absolute atomic E-state index is 0.00241. The number of halogens is 12. The lowest BCUT2D eigenvalue weighted by molar-refractivity contribution is -0.138. The monoisotopic (exact) mass is 1220 g/mol. The van der Waals surface area contributed by atoms with Gasteiger partial charge in [-0.15, -0.1) is 0 Å². The van der Waals surface area contributed by atoms with Gasteiger partial charge in [-0.25, -0.2) is 0 Å². The quantitative estimate of drug-likeness (QED) is 0.128. The Hall–Kier alpha value is -11.2. The molecule has 0 unspecified atom stereocenters. The summed E-state index contributed by atoms with van der Waals surface area (Å²) in [5, 5.41) is 22.8. The summed E-state index contributed by atoms with van der Waals surface area (Å²) in [4.78, 5) is 3.89. The van der Waals surface area contributed by atoms with Gasteiger partial charge in [0.25, 0.3) is 0 Å². The third-order valence-corrected chi connectivity index (χ3v) is 15.8. The molecule has 0 saturated heterocycles. The molecule has 0 N–H and O–H groups in total. The van der Waals surface area contributed by atoms with E-state index in [1.165, 1.54) is 9.13 Å². The Morgan fingerprint density at radius 1 is 0.278 bits per heavy atom. The summed E-state index contributed by atoms with van der Waals surface area (Å²) < 4.78 is 180. The van der Waals surface area contributed by atoms with E-state index in [9.17, 15) is 63.2 Å². The lowest BCUT2D eigenvalue weighted by Crippen LogP contribution is -2.12. The first kappa shape index (κ1) is 57.8. The van der Waals surface area contributed by atoms with Crippen molar-refractivity contribution in [3.63, 3.8) is 0 Å². The third-order valence-electron chi connectivity index (χ3n) is 15.8. The van der Waals surface area contributed by atoms with Crippen molar-refractivity contribution < 1.29 is 52.7 Å².